The quantitative estimate of drug-likeness (QED) is 0.902. The van der Waals surface area contributed by atoms with Crippen molar-refractivity contribution >= 4 is 21.6 Å². The average molecular weight is 297 g/mol. The zero-order valence-corrected chi connectivity index (χ0v) is 12.4. The monoisotopic (exact) mass is 296 g/mol. The molecule has 2 nitrogen and oxygen atoms in total. The second-order valence-corrected chi connectivity index (χ2v) is 6.25. The molecule has 0 spiro atoms. The molecule has 1 heterocycles. The zero-order chi connectivity index (χ0) is 12.6. The predicted molar refractivity (Wildman–Crippen MR) is 77.3 cm³/mol. The van der Waals surface area contributed by atoms with Gasteiger partial charge in [-0.2, -0.15) is 0 Å². The van der Waals surface area contributed by atoms with Gasteiger partial charge in [-0.15, -0.1) is 0 Å². The van der Waals surface area contributed by atoms with Gasteiger partial charge >= 0.3 is 0 Å². The number of hydrogen-bond donors (Lipinski definition) is 1. The number of nitrogens with zero attached hydrogens (tertiary/aromatic N) is 1. The zero-order valence-electron chi connectivity index (χ0n) is 10.8. The number of benzene rings is 1. The largest absolute Gasteiger partial charge is 0.368 e. The van der Waals surface area contributed by atoms with Crippen LogP contribution in [0.1, 0.15) is 38.8 Å². The molecule has 17 heavy (non-hydrogen) atoms. The summed E-state index contributed by atoms with van der Waals surface area (Å²) in [6.07, 6.45) is 1.27. The third kappa shape index (κ3) is 2.66. The third-order valence-electron chi connectivity index (χ3n) is 3.57. The molecule has 1 aromatic carbocycles. The summed E-state index contributed by atoms with van der Waals surface area (Å²) in [7, 11) is 0. The van der Waals surface area contributed by atoms with Gasteiger partial charge in [0, 0.05) is 28.8 Å². The van der Waals surface area contributed by atoms with Gasteiger partial charge in [-0.05, 0) is 49.9 Å². The number of rotatable bonds is 2. The van der Waals surface area contributed by atoms with Crippen LogP contribution in [-0.2, 0) is 0 Å². The highest BCUT2D eigenvalue weighted by Gasteiger charge is 2.28. The minimum absolute atomic E-state index is 0.0746. The molecule has 0 aliphatic carbocycles. The first-order chi connectivity index (χ1) is 7.99. The fourth-order valence-corrected chi connectivity index (χ4v) is 3.17. The summed E-state index contributed by atoms with van der Waals surface area (Å²) in [6.45, 7) is 7.81. The Morgan fingerprint density at radius 2 is 2.12 bits per heavy atom. The van der Waals surface area contributed by atoms with E-state index >= 15 is 0 Å². The van der Waals surface area contributed by atoms with Crippen LogP contribution in [0.3, 0.4) is 0 Å². The van der Waals surface area contributed by atoms with Crippen molar-refractivity contribution < 1.29 is 0 Å². The predicted octanol–water partition coefficient (Wildman–Crippen LogP) is 3.70. The molecular formula is C14H21BrN2. The van der Waals surface area contributed by atoms with Crippen LogP contribution in [0.15, 0.2) is 22.7 Å². The van der Waals surface area contributed by atoms with Crippen LogP contribution in [0, 0.1) is 5.92 Å². The molecule has 2 rings (SSSR count). The maximum Gasteiger partial charge on any atom is 0.0417 e. The fraction of sp³-hybridized carbons (Fsp3) is 0.571. The van der Waals surface area contributed by atoms with Crippen molar-refractivity contribution in [3.63, 3.8) is 0 Å². The maximum absolute atomic E-state index is 6.08. The van der Waals surface area contributed by atoms with E-state index in [9.17, 15) is 0 Å². The Bertz CT molecular complexity index is 403. The normalized spacial score (nSPS) is 26.3. The Hall–Kier alpha value is -0.540. The minimum Gasteiger partial charge on any atom is -0.368 e. The molecule has 0 saturated carbocycles. The third-order valence-corrected chi connectivity index (χ3v) is 4.07. The average Bonchev–Trinajstić information content (AvgIpc) is 2.57. The first-order valence-electron chi connectivity index (χ1n) is 6.30. The molecule has 3 atom stereocenters. The van der Waals surface area contributed by atoms with Gasteiger partial charge in [-0.1, -0.05) is 22.9 Å². The van der Waals surface area contributed by atoms with Crippen LogP contribution in [0.2, 0.25) is 0 Å². The van der Waals surface area contributed by atoms with Crippen molar-refractivity contribution in [3.8, 4) is 0 Å². The summed E-state index contributed by atoms with van der Waals surface area (Å²) in [5.74, 6) is 0.773. The van der Waals surface area contributed by atoms with E-state index in [2.05, 4.69) is 59.8 Å². The smallest absolute Gasteiger partial charge is 0.0417 e. The van der Waals surface area contributed by atoms with Crippen molar-refractivity contribution in [2.75, 3.05) is 11.4 Å². The SMILES string of the molecule is CC1CC(C)N(c2ccc(Br)cc2C(C)N)C1. The van der Waals surface area contributed by atoms with Crippen molar-refractivity contribution in [2.45, 2.75) is 39.3 Å². The van der Waals surface area contributed by atoms with Crippen molar-refractivity contribution in [1.29, 1.82) is 0 Å². The van der Waals surface area contributed by atoms with Gasteiger partial charge in [0.1, 0.15) is 0 Å². The van der Waals surface area contributed by atoms with E-state index in [1.807, 2.05) is 0 Å². The summed E-state index contributed by atoms with van der Waals surface area (Å²) in [5, 5.41) is 0. The van der Waals surface area contributed by atoms with E-state index in [1.54, 1.807) is 0 Å². The Morgan fingerprint density at radius 3 is 2.65 bits per heavy atom. The molecule has 2 N–H and O–H groups in total. The highest BCUT2D eigenvalue weighted by molar-refractivity contribution is 9.10. The molecule has 0 amide bonds. The van der Waals surface area contributed by atoms with Gasteiger partial charge in [0.2, 0.25) is 0 Å². The highest BCUT2D eigenvalue weighted by atomic mass is 79.9. The van der Waals surface area contributed by atoms with Gasteiger partial charge in [0.15, 0.2) is 0 Å². The molecule has 1 aliphatic heterocycles. The minimum atomic E-state index is 0.0746. The lowest BCUT2D eigenvalue weighted by molar-refractivity contribution is 0.625. The Morgan fingerprint density at radius 1 is 1.41 bits per heavy atom. The molecule has 1 aromatic rings. The summed E-state index contributed by atoms with van der Waals surface area (Å²) < 4.78 is 1.11. The molecule has 3 heteroatoms. The Kier molecular flexibility index (Phi) is 3.79. The second-order valence-electron chi connectivity index (χ2n) is 5.33. The van der Waals surface area contributed by atoms with Gasteiger partial charge in [0.25, 0.3) is 0 Å². The van der Waals surface area contributed by atoms with Crippen LogP contribution < -0.4 is 10.6 Å². The summed E-state index contributed by atoms with van der Waals surface area (Å²) in [6, 6.07) is 7.14. The van der Waals surface area contributed by atoms with Crippen LogP contribution >= 0.6 is 15.9 Å². The van der Waals surface area contributed by atoms with Gasteiger partial charge in [0.05, 0.1) is 0 Å². The molecular weight excluding hydrogens is 276 g/mol. The van der Waals surface area contributed by atoms with Crippen molar-refractivity contribution in [3.05, 3.63) is 28.2 Å². The van der Waals surface area contributed by atoms with E-state index in [-0.39, 0.29) is 6.04 Å². The standard InChI is InChI=1S/C14H21BrN2/c1-9-6-10(2)17(8-9)14-5-4-12(15)7-13(14)11(3)16/h4-5,7,9-11H,6,8,16H2,1-3H3. The van der Waals surface area contributed by atoms with Crippen LogP contribution in [0.4, 0.5) is 5.69 Å². The van der Waals surface area contributed by atoms with Gasteiger partial charge in [-0.3, -0.25) is 0 Å². The van der Waals surface area contributed by atoms with E-state index in [0.717, 1.165) is 16.9 Å². The van der Waals surface area contributed by atoms with E-state index < -0.39 is 0 Å². The second kappa shape index (κ2) is 4.99. The fourth-order valence-electron chi connectivity index (χ4n) is 2.79. The van der Waals surface area contributed by atoms with E-state index in [4.69, 9.17) is 5.73 Å². The molecule has 0 radical (unpaired) electrons. The molecule has 3 unspecified atom stereocenters. The van der Waals surface area contributed by atoms with E-state index in [1.165, 1.54) is 17.7 Å². The lowest BCUT2D eigenvalue weighted by atomic mass is 10.1. The maximum atomic E-state index is 6.08. The molecule has 94 valence electrons. The summed E-state index contributed by atoms with van der Waals surface area (Å²) in [5.41, 5.74) is 8.63. The van der Waals surface area contributed by atoms with Gasteiger partial charge in [-0.25, -0.2) is 0 Å². The number of nitrogens with two attached hydrogens (primary N) is 1. The van der Waals surface area contributed by atoms with Crippen LogP contribution in [0.5, 0.6) is 0 Å². The topological polar surface area (TPSA) is 29.3 Å². The lowest BCUT2D eigenvalue weighted by Crippen LogP contribution is -2.28. The first kappa shape index (κ1) is 12.9. The highest BCUT2D eigenvalue weighted by Crippen LogP contribution is 2.34. The Labute approximate surface area is 112 Å². The molecule has 0 aromatic heterocycles. The molecule has 0 bridgehead atoms. The number of hydrogen-bond acceptors (Lipinski definition) is 2. The molecule has 1 fully saturated rings. The summed E-state index contributed by atoms with van der Waals surface area (Å²) in [4.78, 5) is 2.50. The van der Waals surface area contributed by atoms with Crippen molar-refractivity contribution in [1.82, 2.24) is 0 Å². The lowest BCUT2D eigenvalue weighted by Gasteiger charge is -2.28. The summed E-state index contributed by atoms with van der Waals surface area (Å²) >= 11 is 3.53. The van der Waals surface area contributed by atoms with Crippen LogP contribution in [0.25, 0.3) is 0 Å². The Balaban J connectivity index is 2.38. The number of halogens is 1. The van der Waals surface area contributed by atoms with E-state index in [0.29, 0.717) is 6.04 Å². The molecule has 1 aliphatic rings. The van der Waals surface area contributed by atoms with Crippen molar-refractivity contribution in [2.24, 2.45) is 11.7 Å². The first-order valence-corrected chi connectivity index (χ1v) is 7.10. The van der Waals surface area contributed by atoms with Crippen LogP contribution in [-0.4, -0.2) is 12.6 Å². The number of anilines is 1. The molecule has 1 saturated heterocycles. The van der Waals surface area contributed by atoms with Gasteiger partial charge < -0.3 is 10.6 Å².